The highest BCUT2D eigenvalue weighted by Gasteiger charge is 2.43. The highest BCUT2D eigenvalue weighted by atomic mass is 19.4. The number of aliphatic hydroxyl groups is 1. The summed E-state index contributed by atoms with van der Waals surface area (Å²) in [6, 6.07) is 3.00. The average Bonchev–Trinajstić information content (AvgIpc) is 2.25. The fraction of sp³-hybridized carbons (Fsp3) is 0.455. The summed E-state index contributed by atoms with van der Waals surface area (Å²) in [5, 5.41) is 9.08. The van der Waals surface area contributed by atoms with E-state index in [0.717, 1.165) is 0 Å². The van der Waals surface area contributed by atoms with Crippen molar-refractivity contribution in [2.24, 2.45) is 5.73 Å². The molecule has 0 aliphatic carbocycles. The first-order chi connectivity index (χ1) is 7.77. The minimum atomic E-state index is -4.73. The average molecular weight is 249 g/mol. The molecule has 3 nitrogen and oxygen atoms in total. The quantitative estimate of drug-likeness (QED) is 0.860. The van der Waals surface area contributed by atoms with Crippen molar-refractivity contribution < 1.29 is 23.0 Å². The molecule has 0 bridgehead atoms. The van der Waals surface area contributed by atoms with Crippen LogP contribution in [0.2, 0.25) is 0 Å². The zero-order valence-corrected chi connectivity index (χ0v) is 9.45. The van der Waals surface area contributed by atoms with Crippen molar-refractivity contribution in [1.82, 2.24) is 0 Å². The molecule has 3 N–H and O–H groups in total. The number of aryl methyl sites for hydroxylation is 1. The van der Waals surface area contributed by atoms with Crippen LogP contribution in [0, 0.1) is 6.92 Å². The molecule has 0 saturated carbocycles. The van der Waals surface area contributed by atoms with Gasteiger partial charge in [-0.25, -0.2) is 0 Å². The van der Waals surface area contributed by atoms with Gasteiger partial charge in [-0.3, -0.25) is 0 Å². The number of benzene rings is 1. The minimum Gasteiger partial charge on any atom is -0.497 e. The molecule has 0 fully saturated rings. The summed E-state index contributed by atoms with van der Waals surface area (Å²) < 4.78 is 41.9. The number of nitrogens with two attached hydrogens (primary N) is 1. The Balaban J connectivity index is 3.01. The SMILES string of the molecule is COc1ccc([C@H](N)[C@H](O)C(F)(F)F)c(C)c1. The van der Waals surface area contributed by atoms with Gasteiger partial charge in [0.1, 0.15) is 5.75 Å². The number of hydrogen-bond donors (Lipinski definition) is 2. The van der Waals surface area contributed by atoms with Crippen LogP contribution in [-0.4, -0.2) is 24.5 Å². The molecule has 0 heterocycles. The van der Waals surface area contributed by atoms with Crippen molar-refractivity contribution >= 4 is 0 Å². The van der Waals surface area contributed by atoms with Gasteiger partial charge in [0.25, 0.3) is 0 Å². The van der Waals surface area contributed by atoms with Crippen molar-refractivity contribution in [1.29, 1.82) is 0 Å². The predicted octanol–water partition coefficient (Wildman–Crippen LogP) is 1.93. The summed E-state index contributed by atoms with van der Waals surface area (Å²) in [6.45, 7) is 1.61. The van der Waals surface area contributed by atoms with Crippen LogP contribution in [-0.2, 0) is 0 Å². The molecule has 17 heavy (non-hydrogen) atoms. The van der Waals surface area contributed by atoms with Gasteiger partial charge in [0.15, 0.2) is 6.10 Å². The van der Waals surface area contributed by atoms with E-state index < -0.39 is 18.3 Å². The Morgan fingerprint density at radius 1 is 1.35 bits per heavy atom. The lowest BCUT2D eigenvalue weighted by Crippen LogP contribution is -2.39. The second-order valence-corrected chi connectivity index (χ2v) is 3.73. The molecule has 96 valence electrons. The fourth-order valence-corrected chi connectivity index (χ4v) is 1.52. The molecule has 0 radical (unpaired) electrons. The molecule has 0 spiro atoms. The van der Waals surface area contributed by atoms with E-state index in [4.69, 9.17) is 15.6 Å². The lowest BCUT2D eigenvalue weighted by molar-refractivity contribution is -0.210. The van der Waals surface area contributed by atoms with E-state index in [0.29, 0.717) is 11.3 Å². The summed E-state index contributed by atoms with van der Waals surface area (Å²) in [5.74, 6) is 0.528. The zero-order chi connectivity index (χ0) is 13.2. The maximum Gasteiger partial charge on any atom is 0.416 e. The summed E-state index contributed by atoms with van der Waals surface area (Å²) >= 11 is 0. The van der Waals surface area contributed by atoms with Crippen molar-refractivity contribution in [2.45, 2.75) is 25.2 Å². The molecule has 0 aliphatic rings. The molecule has 0 aliphatic heterocycles. The lowest BCUT2D eigenvalue weighted by atomic mass is 9.97. The molecule has 2 atom stereocenters. The van der Waals surface area contributed by atoms with Gasteiger partial charge in [-0.05, 0) is 30.2 Å². The molecule has 1 aromatic carbocycles. The number of ether oxygens (including phenoxy) is 1. The molecule has 1 aromatic rings. The third-order valence-corrected chi connectivity index (χ3v) is 2.51. The van der Waals surface area contributed by atoms with Crippen LogP contribution < -0.4 is 10.5 Å². The van der Waals surface area contributed by atoms with E-state index in [9.17, 15) is 13.2 Å². The highest BCUT2D eigenvalue weighted by molar-refractivity contribution is 5.37. The first kappa shape index (κ1) is 13.8. The van der Waals surface area contributed by atoms with E-state index in [-0.39, 0.29) is 5.56 Å². The summed E-state index contributed by atoms with van der Waals surface area (Å²) in [7, 11) is 1.46. The summed E-state index contributed by atoms with van der Waals surface area (Å²) in [5.41, 5.74) is 6.19. The molecular formula is C11H14F3NO2. The molecule has 6 heteroatoms. The monoisotopic (exact) mass is 249 g/mol. The van der Waals surface area contributed by atoms with Crippen molar-refractivity contribution in [2.75, 3.05) is 7.11 Å². The van der Waals surface area contributed by atoms with E-state index in [2.05, 4.69) is 0 Å². The van der Waals surface area contributed by atoms with Crippen LogP contribution in [0.25, 0.3) is 0 Å². The fourth-order valence-electron chi connectivity index (χ4n) is 1.52. The van der Waals surface area contributed by atoms with Gasteiger partial charge in [-0.2, -0.15) is 13.2 Å². The van der Waals surface area contributed by atoms with E-state index in [1.165, 1.54) is 19.2 Å². The minimum absolute atomic E-state index is 0.246. The summed E-state index contributed by atoms with van der Waals surface area (Å²) in [6.07, 6.45) is -7.30. The molecule has 0 saturated heterocycles. The van der Waals surface area contributed by atoms with Crippen LogP contribution in [0.3, 0.4) is 0 Å². The Morgan fingerprint density at radius 3 is 2.35 bits per heavy atom. The van der Waals surface area contributed by atoms with Crippen LogP contribution in [0.4, 0.5) is 13.2 Å². The first-order valence-corrected chi connectivity index (χ1v) is 4.92. The van der Waals surface area contributed by atoms with Gasteiger partial charge >= 0.3 is 6.18 Å². The van der Waals surface area contributed by atoms with Crippen molar-refractivity contribution in [3.8, 4) is 5.75 Å². The molecule has 0 amide bonds. The van der Waals surface area contributed by atoms with Crippen LogP contribution >= 0.6 is 0 Å². The third-order valence-electron chi connectivity index (χ3n) is 2.51. The topological polar surface area (TPSA) is 55.5 Å². The second kappa shape index (κ2) is 4.93. The Morgan fingerprint density at radius 2 is 1.94 bits per heavy atom. The number of rotatable bonds is 3. The van der Waals surface area contributed by atoms with Gasteiger partial charge in [-0.15, -0.1) is 0 Å². The normalized spacial score (nSPS) is 15.5. The van der Waals surface area contributed by atoms with Crippen LogP contribution in [0.15, 0.2) is 18.2 Å². The second-order valence-electron chi connectivity index (χ2n) is 3.73. The number of halogens is 3. The smallest absolute Gasteiger partial charge is 0.416 e. The predicted molar refractivity (Wildman–Crippen MR) is 56.7 cm³/mol. The van der Waals surface area contributed by atoms with Crippen molar-refractivity contribution in [3.05, 3.63) is 29.3 Å². The lowest BCUT2D eigenvalue weighted by Gasteiger charge is -2.23. The number of hydrogen-bond acceptors (Lipinski definition) is 3. The maximum atomic E-state index is 12.3. The van der Waals surface area contributed by atoms with Crippen molar-refractivity contribution in [3.63, 3.8) is 0 Å². The largest absolute Gasteiger partial charge is 0.497 e. The first-order valence-electron chi connectivity index (χ1n) is 4.92. The molecule has 1 rings (SSSR count). The number of methoxy groups -OCH3 is 1. The summed E-state index contributed by atoms with van der Waals surface area (Å²) in [4.78, 5) is 0. The Kier molecular flexibility index (Phi) is 4.00. The van der Waals surface area contributed by atoms with Gasteiger partial charge in [0.2, 0.25) is 0 Å². The van der Waals surface area contributed by atoms with Gasteiger partial charge in [0, 0.05) is 0 Å². The molecule has 0 unspecified atom stereocenters. The van der Waals surface area contributed by atoms with Gasteiger partial charge in [0.05, 0.1) is 13.2 Å². The van der Waals surface area contributed by atoms with E-state index in [1.54, 1.807) is 13.0 Å². The van der Waals surface area contributed by atoms with Crippen LogP contribution in [0.1, 0.15) is 17.2 Å². The number of alkyl halides is 3. The maximum absolute atomic E-state index is 12.3. The highest BCUT2D eigenvalue weighted by Crippen LogP contribution is 2.31. The standard InChI is InChI=1S/C11H14F3NO2/c1-6-5-7(17-2)3-4-8(6)9(15)10(16)11(12,13)14/h3-5,9-10,16H,15H2,1-2H3/t9-,10-/m0/s1. The number of aliphatic hydroxyl groups excluding tert-OH is 1. The Bertz CT molecular complexity index is 393. The molecule has 0 aromatic heterocycles. The Labute approximate surface area is 97.0 Å². The third kappa shape index (κ3) is 3.10. The van der Waals surface area contributed by atoms with Gasteiger partial charge in [-0.1, -0.05) is 6.07 Å². The van der Waals surface area contributed by atoms with Gasteiger partial charge < -0.3 is 15.6 Å². The van der Waals surface area contributed by atoms with Crippen LogP contribution in [0.5, 0.6) is 5.75 Å². The van der Waals surface area contributed by atoms with E-state index >= 15 is 0 Å². The molecular weight excluding hydrogens is 235 g/mol. The Hall–Kier alpha value is -1.27. The van der Waals surface area contributed by atoms with E-state index in [1.807, 2.05) is 0 Å². The zero-order valence-electron chi connectivity index (χ0n) is 9.45.